The molecule has 0 amide bonds. The summed E-state index contributed by atoms with van der Waals surface area (Å²) >= 11 is 0. The quantitative estimate of drug-likeness (QED) is 0.0262. The van der Waals surface area contributed by atoms with Crippen LogP contribution < -0.4 is 0 Å². The molecule has 0 saturated carbocycles. The zero-order valence-corrected chi connectivity index (χ0v) is 43.3. The molecule has 6 nitrogen and oxygen atoms in total. The van der Waals surface area contributed by atoms with Crippen molar-refractivity contribution in [2.24, 2.45) is 0 Å². The Balaban J connectivity index is 4.15. The third-order valence-electron chi connectivity index (χ3n) is 12.3. The summed E-state index contributed by atoms with van der Waals surface area (Å²) in [6.45, 7) is 6.52. The molecule has 0 aromatic rings. The standard InChI is InChI=1S/C59H106O6/c1-4-7-10-13-16-19-21-23-25-26-27-28-29-30-31-32-33-34-35-37-38-40-43-46-49-52-58(61)64-55-56(54-63-57(60)51-48-45-42-18-15-12-9-6-3)65-59(62)53-50-47-44-41-39-36-24-22-20-17-14-11-8-5-2/h7,10,16,19,23,25,27-28,56H,4-6,8-9,11-15,17-18,20-22,24,26,29-55H2,1-3H3/b10-7-,19-16-,25-23-,28-27-. The van der Waals surface area contributed by atoms with Crippen LogP contribution in [0, 0.1) is 0 Å². The fourth-order valence-electron chi connectivity index (χ4n) is 8.14. The van der Waals surface area contributed by atoms with Gasteiger partial charge in [-0.2, -0.15) is 0 Å². The van der Waals surface area contributed by atoms with Crippen molar-refractivity contribution in [3.8, 4) is 0 Å². The third-order valence-corrected chi connectivity index (χ3v) is 12.3. The van der Waals surface area contributed by atoms with Gasteiger partial charge in [-0.05, 0) is 57.8 Å². The van der Waals surface area contributed by atoms with Crippen molar-refractivity contribution in [2.75, 3.05) is 13.2 Å². The zero-order valence-electron chi connectivity index (χ0n) is 43.3. The SMILES string of the molecule is CC/C=C\C/C=C\C/C=C\C/C=C\CCCCCCCCCCCCCCC(=O)OCC(COC(=O)CCCCCCCCCC)OC(=O)CCCCCCCCCCCCCCCC. The molecule has 0 N–H and O–H groups in total. The number of ether oxygens (including phenoxy) is 3. The molecular weight excluding hydrogens is 805 g/mol. The van der Waals surface area contributed by atoms with Crippen LogP contribution in [0.4, 0.5) is 0 Å². The van der Waals surface area contributed by atoms with Crippen LogP contribution in [-0.4, -0.2) is 37.2 Å². The largest absolute Gasteiger partial charge is 0.462 e. The van der Waals surface area contributed by atoms with Gasteiger partial charge in [0.2, 0.25) is 0 Å². The fourth-order valence-corrected chi connectivity index (χ4v) is 8.14. The molecule has 0 saturated heterocycles. The van der Waals surface area contributed by atoms with Crippen LogP contribution in [-0.2, 0) is 28.6 Å². The van der Waals surface area contributed by atoms with Gasteiger partial charge in [-0.3, -0.25) is 14.4 Å². The first-order valence-corrected chi connectivity index (χ1v) is 28.1. The van der Waals surface area contributed by atoms with Gasteiger partial charge in [0.1, 0.15) is 13.2 Å². The summed E-state index contributed by atoms with van der Waals surface area (Å²) in [7, 11) is 0. The Morgan fingerprint density at radius 1 is 0.323 bits per heavy atom. The summed E-state index contributed by atoms with van der Waals surface area (Å²) in [6, 6.07) is 0. The highest BCUT2D eigenvalue weighted by Gasteiger charge is 2.19. The van der Waals surface area contributed by atoms with Crippen LogP contribution in [0.15, 0.2) is 48.6 Å². The molecule has 1 atom stereocenters. The van der Waals surface area contributed by atoms with E-state index in [1.165, 1.54) is 167 Å². The van der Waals surface area contributed by atoms with Gasteiger partial charge in [-0.1, -0.05) is 262 Å². The Bertz CT molecular complexity index is 1140. The second-order valence-corrected chi connectivity index (χ2v) is 18.8. The lowest BCUT2D eigenvalue weighted by atomic mass is 10.0. The summed E-state index contributed by atoms with van der Waals surface area (Å²) in [4.78, 5) is 37.9. The molecule has 65 heavy (non-hydrogen) atoms. The molecule has 6 heteroatoms. The van der Waals surface area contributed by atoms with Gasteiger partial charge >= 0.3 is 17.9 Å². The summed E-state index contributed by atoms with van der Waals surface area (Å²) in [5.74, 6) is -0.862. The van der Waals surface area contributed by atoms with E-state index in [2.05, 4.69) is 69.4 Å². The molecule has 1 unspecified atom stereocenters. The van der Waals surface area contributed by atoms with Crippen molar-refractivity contribution in [1.82, 2.24) is 0 Å². The lowest BCUT2D eigenvalue weighted by Gasteiger charge is -2.18. The van der Waals surface area contributed by atoms with E-state index < -0.39 is 6.10 Å². The monoisotopic (exact) mass is 911 g/mol. The minimum atomic E-state index is -0.767. The van der Waals surface area contributed by atoms with Crippen molar-refractivity contribution in [3.63, 3.8) is 0 Å². The molecule has 0 aromatic carbocycles. The smallest absolute Gasteiger partial charge is 0.306 e. The summed E-state index contributed by atoms with van der Waals surface area (Å²) in [5.41, 5.74) is 0. The van der Waals surface area contributed by atoms with Gasteiger partial charge in [0.05, 0.1) is 0 Å². The van der Waals surface area contributed by atoms with Crippen LogP contribution in [0.25, 0.3) is 0 Å². The third kappa shape index (κ3) is 52.2. The second-order valence-electron chi connectivity index (χ2n) is 18.8. The molecule has 0 rings (SSSR count). The van der Waals surface area contributed by atoms with E-state index in [0.29, 0.717) is 19.3 Å². The average molecular weight is 911 g/mol. The Morgan fingerprint density at radius 3 is 0.938 bits per heavy atom. The van der Waals surface area contributed by atoms with Gasteiger partial charge < -0.3 is 14.2 Å². The normalized spacial score (nSPS) is 12.4. The molecule has 0 spiro atoms. The number of rotatable bonds is 51. The molecular formula is C59H106O6. The molecule has 0 radical (unpaired) electrons. The highest BCUT2D eigenvalue weighted by atomic mass is 16.6. The van der Waals surface area contributed by atoms with Crippen molar-refractivity contribution in [1.29, 1.82) is 0 Å². The van der Waals surface area contributed by atoms with Crippen LogP contribution in [0.1, 0.15) is 290 Å². The Hall–Kier alpha value is -2.63. The lowest BCUT2D eigenvalue weighted by Crippen LogP contribution is -2.30. The van der Waals surface area contributed by atoms with Crippen molar-refractivity contribution < 1.29 is 28.6 Å². The summed E-state index contributed by atoms with van der Waals surface area (Å²) < 4.78 is 16.8. The van der Waals surface area contributed by atoms with Crippen molar-refractivity contribution in [3.05, 3.63) is 48.6 Å². The van der Waals surface area contributed by atoms with E-state index in [-0.39, 0.29) is 31.1 Å². The first kappa shape index (κ1) is 62.4. The lowest BCUT2D eigenvalue weighted by molar-refractivity contribution is -0.167. The summed E-state index contributed by atoms with van der Waals surface area (Å²) in [5, 5.41) is 0. The number of carbonyl (C=O) groups excluding carboxylic acids is 3. The molecule has 0 aliphatic rings. The number of esters is 3. The number of hydrogen-bond donors (Lipinski definition) is 0. The van der Waals surface area contributed by atoms with Crippen molar-refractivity contribution in [2.45, 2.75) is 297 Å². The van der Waals surface area contributed by atoms with E-state index in [9.17, 15) is 14.4 Å². The van der Waals surface area contributed by atoms with Gasteiger partial charge in [0.25, 0.3) is 0 Å². The molecule has 0 fully saturated rings. The van der Waals surface area contributed by atoms with E-state index in [0.717, 1.165) is 83.5 Å². The predicted molar refractivity (Wildman–Crippen MR) is 279 cm³/mol. The van der Waals surface area contributed by atoms with E-state index in [4.69, 9.17) is 14.2 Å². The molecule has 0 aliphatic carbocycles. The first-order chi connectivity index (χ1) is 32.0. The molecule has 0 bridgehead atoms. The zero-order chi connectivity index (χ0) is 47.2. The topological polar surface area (TPSA) is 78.9 Å². The highest BCUT2D eigenvalue weighted by Crippen LogP contribution is 2.16. The molecule has 0 heterocycles. The number of hydrogen-bond acceptors (Lipinski definition) is 6. The number of carbonyl (C=O) groups is 3. The van der Waals surface area contributed by atoms with Gasteiger partial charge in [-0.25, -0.2) is 0 Å². The highest BCUT2D eigenvalue weighted by molar-refractivity contribution is 5.71. The maximum Gasteiger partial charge on any atom is 0.306 e. The number of allylic oxidation sites excluding steroid dienone is 8. The Labute approximate surface area is 403 Å². The molecule has 0 aromatic heterocycles. The fraction of sp³-hybridized carbons (Fsp3) is 0.814. The van der Waals surface area contributed by atoms with Crippen LogP contribution >= 0.6 is 0 Å². The van der Waals surface area contributed by atoms with Crippen molar-refractivity contribution >= 4 is 17.9 Å². The second kappa shape index (κ2) is 54.0. The Morgan fingerprint density at radius 2 is 0.600 bits per heavy atom. The average Bonchev–Trinajstić information content (AvgIpc) is 3.30. The van der Waals surface area contributed by atoms with E-state index in [1.54, 1.807) is 0 Å². The van der Waals surface area contributed by atoms with Crippen LogP contribution in [0.2, 0.25) is 0 Å². The number of unbranched alkanes of at least 4 members (excludes halogenated alkanes) is 32. The summed E-state index contributed by atoms with van der Waals surface area (Å²) in [6.07, 6.45) is 65.4. The van der Waals surface area contributed by atoms with Gasteiger partial charge in [-0.15, -0.1) is 0 Å². The maximum atomic E-state index is 12.8. The van der Waals surface area contributed by atoms with Crippen LogP contribution in [0.5, 0.6) is 0 Å². The predicted octanol–water partition coefficient (Wildman–Crippen LogP) is 18.7. The van der Waals surface area contributed by atoms with E-state index >= 15 is 0 Å². The minimum Gasteiger partial charge on any atom is -0.462 e. The van der Waals surface area contributed by atoms with Gasteiger partial charge in [0.15, 0.2) is 6.10 Å². The maximum absolute atomic E-state index is 12.8. The Kier molecular flexibility index (Phi) is 51.8. The van der Waals surface area contributed by atoms with E-state index in [1.807, 2.05) is 0 Å². The molecule has 378 valence electrons. The molecule has 0 aliphatic heterocycles. The van der Waals surface area contributed by atoms with Crippen LogP contribution in [0.3, 0.4) is 0 Å². The first-order valence-electron chi connectivity index (χ1n) is 28.1. The van der Waals surface area contributed by atoms with Gasteiger partial charge in [0, 0.05) is 19.3 Å². The minimum absolute atomic E-state index is 0.0692.